The van der Waals surface area contributed by atoms with Gasteiger partial charge in [-0.2, -0.15) is 0 Å². The fourth-order valence-corrected chi connectivity index (χ4v) is 4.03. The zero-order valence-electron chi connectivity index (χ0n) is 13.7. The number of nitrogens with two attached hydrogens (primary N) is 1. The van der Waals surface area contributed by atoms with E-state index in [1.807, 2.05) is 32.6 Å². The maximum Gasteiger partial charge on any atom is 0.242 e. The van der Waals surface area contributed by atoms with E-state index in [-0.39, 0.29) is 17.1 Å². The lowest BCUT2D eigenvalue weighted by Crippen LogP contribution is -2.65. The van der Waals surface area contributed by atoms with Crippen molar-refractivity contribution in [1.82, 2.24) is 4.90 Å². The van der Waals surface area contributed by atoms with Gasteiger partial charge in [0.25, 0.3) is 0 Å². The molecule has 2 rings (SSSR count). The van der Waals surface area contributed by atoms with E-state index in [9.17, 15) is 4.79 Å². The molecule has 4 nitrogen and oxygen atoms in total. The maximum absolute atomic E-state index is 12.9. The highest BCUT2D eigenvalue weighted by Gasteiger charge is 2.46. The lowest BCUT2D eigenvalue weighted by molar-refractivity contribution is -0.191. The number of ether oxygens (including phenoxy) is 1. The summed E-state index contributed by atoms with van der Waals surface area (Å²) in [6.45, 7) is 11.6. The van der Waals surface area contributed by atoms with Gasteiger partial charge in [-0.15, -0.1) is 0 Å². The molecular weight excluding hydrogens is 252 g/mol. The van der Waals surface area contributed by atoms with Gasteiger partial charge in [-0.1, -0.05) is 19.8 Å². The van der Waals surface area contributed by atoms with Crippen molar-refractivity contribution in [2.75, 3.05) is 13.1 Å². The average Bonchev–Trinajstić information content (AvgIpc) is 2.23. The van der Waals surface area contributed by atoms with Gasteiger partial charge in [-0.3, -0.25) is 4.79 Å². The van der Waals surface area contributed by atoms with Crippen LogP contribution < -0.4 is 5.73 Å². The smallest absolute Gasteiger partial charge is 0.242 e. The Balaban J connectivity index is 2.15. The molecule has 1 saturated heterocycles. The Bertz CT molecular complexity index is 376. The van der Waals surface area contributed by atoms with Crippen LogP contribution in [-0.4, -0.2) is 40.6 Å². The quantitative estimate of drug-likeness (QED) is 0.803. The van der Waals surface area contributed by atoms with Gasteiger partial charge in [-0.25, -0.2) is 0 Å². The molecule has 1 aliphatic heterocycles. The molecule has 20 heavy (non-hydrogen) atoms. The third kappa shape index (κ3) is 3.34. The van der Waals surface area contributed by atoms with Crippen LogP contribution in [0.15, 0.2) is 0 Å². The highest BCUT2D eigenvalue weighted by molar-refractivity contribution is 5.86. The number of hydrogen-bond donors (Lipinski definition) is 1. The molecule has 0 bridgehead atoms. The van der Waals surface area contributed by atoms with Crippen molar-refractivity contribution in [3.8, 4) is 0 Å². The Labute approximate surface area is 123 Å². The largest absolute Gasteiger partial charge is 0.366 e. The summed E-state index contributed by atoms with van der Waals surface area (Å²) in [6.07, 6.45) is 3.87. The van der Waals surface area contributed by atoms with E-state index >= 15 is 0 Å². The first-order valence-corrected chi connectivity index (χ1v) is 7.82. The molecule has 2 fully saturated rings. The summed E-state index contributed by atoms with van der Waals surface area (Å²) in [4.78, 5) is 14.9. The number of nitrogens with zero attached hydrogens (tertiary/aromatic N) is 1. The molecule has 1 heterocycles. The second kappa shape index (κ2) is 4.99. The van der Waals surface area contributed by atoms with Crippen molar-refractivity contribution in [3.05, 3.63) is 0 Å². The first-order valence-electron chi connectivity index (χ1n) is 7.82. The third-order valence-corrected chi connectivity index (χ3v) is 4.44. The fraction of sp³-hybridized carbons (Fsp3) is 0.938. The molecule has 2 atom stereocenters. The van der Waals surface area contributed by atoms with Crippen molar-refractivity contribution in [1.29, 1.82) is 0 Å². The normalized spacial score (nSPS) is 36.7. The number of rotatable bonds is 1. The molecule has 0 spiro atoms. The topological polar surface area (TPSA) is 55.6 Å². The molecule has 2 N–H and O–H groups in total. The Kier molecular flexibility index (Phi) is 3.93. The highest BCUT2D eigenvalue weighted by atomic mass is 16.5. The van der Waals surface area contributed by atoms with E-state index < -0.39 is 5.54 Å². The van der Waals surface area contributed by atoms with Gasteiger partial charge in [0.05, 0.1) is 16.7 Å². The van der Waals surface area contributed by atoms with Crippen LogP contribution in [0.2, 0.25) is 0 Å². The van der Waals surface area contributed by atoms with Gasteiger partial charge >= 0.3 is 0 Å². The predicted octanol–water partition coefficient (Wildman–Crippen LogP) is 2.31. The van der Waals surface area contributed by atoms with Crippen molar-refractivity contribution in [3.63, 3.8) is 0 Å². The van der Waals surface area contributed by atoms with E-state index in [4.69, 9.17) is 10.5 Å². The first-order chi connectivity index (χ1) is 9.03. The molecule has 0 aromatic heterocycles. The van der Waals surface area contributed by atoms with E-state index in [2.05, 4.69) is 6.92 Å². The van der Waals surface area contributed by atoms with Gasteiger partial charge in [-0.05, 0) is 46.5 Å². The number of amides is 1. The summed E-state index contributed by atoms with van der Waals surface area (Å²) in [7, 11) is 0. The zero-order chi connectivity index (χ0) is 15.2. The maximum atomic E-state index is 12.9. The first kappa shape index (κ1) is 15.8. The number of hydrogen-bond acceptors (Lipinski definition) is 3. The number of carbonyl (C=O) groups is 1. The zero-order valence-corrected chi connectivity index (χ0v) is 13.7. The number of morpholine rings is 1. The summed E-state index contributed by atoms with van der Waals surface area (Å²) >= 11 is 0. The molecule has 4 heteroatoms. The van der Waals surface area contributed by atoms with E-state index in [0.29, 0.717) is 19.0 Å². The van der Waals surface area contributed by atoms with Gasteiger partial charge in [0.15, 0.2) is 0 Å². The molecule has 116 valence electrons. The molecule has 1 aliphatic carbocycles. The van der Waals surface area contributed by atoms with Crippen LogP contribution in [0.3, 0.4) is 0 Å². The summed E-state index contributed by atoms with van der Waals surface area (Å²) < 4.78 is 6.05. The molecule has 0 aromatic carbocycles. The van der Waals surface area contributed by atoms with Crippen molar-refractivity contribution in [2.24, 2.45) is 11.7 Å². The third-order valence-electron chi connectivity index (χ3n) is 4.44. The summed E-state index contributed by atoms with van der Waals surface area (Å²) in [6, 6.07) is 0. The summed E-state index contributed by atoms with van der Waals surface area (Å²) in [5.41, 5.74) is 5.18. The lowest BCUT2D eigenvalue weighted by atomic mass is 9.76. The molecule has 1 amide bonds. The Hall–Kier alpha value is -0.610. The van der Waals surface area contributed by atoms with Crippen LogP contribution in [-0.2, 0) is 9.53 Å². The minimum Gasteiger partial charge on any atom is -0.366 e. The van der Waals surface area contributed by atoms with Gasteiger partial charge in [0.2, 0.25) is 5.91 Å². The summed E-state index contributed by atoms with van der Waals surface area (Å²) in [5.74, 6) is 0.660. The fourth-order valence-electron chi connectivity index (χ4n) is 4.03. The van der Waals surface area contributed by atoms with Gasteiger partial charge in [0.1, 0.15) is 0 Å². The molecule has 2 aliphatic rings. The molecule has 1 saturated carbocycles. The van der Waals surface area contributed by atoms with Crippen LogP contribution in [0.25, 0.3) is 0 Å². The van der Waals surface area contributed by atoms with E-state index in [1.165, 1.54) is 6.42 Å². The van der Waals surface area contributed by atoms with E-state index in [0.717, 1.165) is 19.3 Å². The van der Waals surface area contributed by atoms with Crippen LogP contribution >= 0.6 is 0 Å². The molecule has 2 unspecified atom stereocenters. The average molecular weight is 282 g/mol. The molecule has 0 radical (unpaired) electrons. The summed E-state index contributed by atoms with van der Waals surface area (Å²) in [5, 5.41) is 0. The Morgan fingerprint density at radius 2 is 1.75 bits per heavy atom. The Morgan fingerprint density at radius 3 is 2.25 bits per heavy atom. The SMILES string of the molecule is CC1CCCC(N)(C(=O)N2CC(C)(C)OC(C)(C)C2)C1. The monoisotopic (exact) mass is 282 g/mol. The van der Waals surface area contributed by atoms with Crippen LogP contribution in [0, 0.1) is 5.92 Å². The standard InChI is InChI=1S/C16H30N2O2/c1-12-7-6-8-16(17,9-12)13(19)18-10-14(2,3)20-15(4,5)11-18/h12H,6-11,17H2,1-5H3. The van der Waals surface area contributed by atoms with Crippen LogP contribution in [0.5, 0.6) is 0 Å². The second-order valence-corrected chi connectivity index (χ2v) is 8.14. The lowest BCUT2D eigenvalue weighted by Gasteiger charge is -2.49. The molecule has 0 aromatic rings. The predicted molar refractivity (Wildman–Crippen MR) is 80.4 cm³/mol. The van der Waals surface area contributed by atoms with Crippen molar-refractivity contribution < 1.29 is 9.53 Å². The van der Waals surface area contributed by atoms with Crippen LogP contribution in [0.1, 0.15) is 60.3 Å². The highest BCUT2D eigenvalue weighted by Crippen LogP contribution is 2.35. The van der Waals surface area contributed by atoms with Gasteiger partial charge in [0, 0.05) is 13.1 Å². The minimum absolute atomic E-state index is 0.119. The van der Waals surface area contributed by atoms with Crippen LogP contribution in [0.4, 0.5) is 0 Å². The number of carbonyl (C=O) groups excluding carboxylic acids is 1. The Morgan fingerprint density at radius 1 is 1.20 bits per heavy atom. The van der Waals surface area contributed by atoms with Gasteiger partial charge < -0.3 is 15.4 Å². The minimum atomic E-state index is -0.666. The molecular formula is C16H30N2O2. The second-order valence-electron chi connectivity index (χ2n) is 8.14. The van der Waals surface area contributed by atoms with E-state index in [1.54, 1.807) is 0 Å². The van der Waals surface area contributed by atoms with Crippen molar-refractivity contribution in [2.45, 2.75) is 77.0 Å². The van der Waals surface area contributed by atoms with Crippen molar-refractivity contribution >= 4 is 5.91 Å².